The molecule has 1 aromatic rings. The van der Waals surface area contributed by atoms with Crippen LogP contribution in [-0.4, -0.2) is 17.0 Å². The minimum atomic E-state index is -0.867. The van der Waals surface area contributed by atoms with Crippen LogP contribution in [-0.2, 0) is 22.4 Å². The molecule has 1 aromatic carbocycles. The number of carbonyl (C=O) groups is 2. The van der Waals surface area contributed by atoms with Crippen LogP contribution in [0, 0.1) is 5.92 Å². The number of aliphatic carboxylic acids is 1. The molecule has 0 saturated carbocycles. The van der Waals surface area contributed by atoms with Crippen molar-refractivity contribution >= 4 is 17.6 Å². The average Bonchev–Trinajstić information content (AvgIpc) is 2.37. The topological polar surface area (TPSA) is 66.4 Å². The van der Waals surface area contributed by atoms with Crippen molar-refractivity contribution in [1.82, 2.24) is 0 Å². The molecule has 0 bridgehead atoms. The molecule has 1 unspecified atom stereocenters. The highest BCUT2D eigenvalue weighted by Gasteiger charge is 2.15. The van der Waals surface area contributed by atoms with Gasteiger partial charge in [-0.1, -0.05) is 39.0 Å². The Hall–Kier alpha value is -1.84. The maximum absolute atomic E-state index is 12.0. The Morgan fingerprint density at radius 3 is 2.15 bits per heavy atom. The van der Waals surface area contributed by atoms with E-state index in [-0.39, 0.29) is 24.7 Å². The predicted octanol–water partition coefficient (Wildman–Crippen LogP) is 3.25. The first-order valence-electron chi connectivity index (χ1n) is 7.10. The number of nitrogens with one attached hydrogen (secondary N) is 1. The molecule has 20 heavy (non-hydrogen) atoms. The van der Waals surface area contributed by atoms with Crippen molar-refractivity contribution in [2.24, 2.45) is 5.92 Å². The second kappa shape index (κ2) is 7.68. The van der Waals surface area contributed by atoms with Crippen LogP contribution >= 0.6 is 0 Å². The molecule has 0 heterocycles. The van der Waals surface area contributed by atoms with Crippen molar-refractivity contribution in [3.05, 3.63) is 29.3 Å². The molecule has 4 nitrogen and oxygen atoms in total. The molecular formula is C16H23NO3. The van der Waals surface area contributed by atoms with Crippen LogP contribution in [0.1, 0.15) is 44.7 Å². The average molecular weight is 277 g/mol. The molecule has 0 aliphatic carbocycles. The van der Waals surface area contributed by atoms with E-state index in [1.807, 2.05) is 18.2 Å². The molecule has 0 radical (unpaired) electrons. The number of carbonyl (C=O) groups excluding carboxylic acids is 1. The van der Waals surface area contributed by atoms with E-state index in [1.165, 1.54) is 0 Å². The highest BCUT2D eigenvalue weighted by Crippen LogP contribution is 2.23. The fourth-order valence-electron chi connectivity index (χ4n) is 2.28. The zero-order chi connectivity index (χ0) is 15.1. The van der Waals surface area contributed by atoms with Gasteiger partial charge in [0.15, 0.2) is 0 Å². The standard InChI is InChI=1S/C16H23NO3/c1-4-12-7-6-8-13(5-2)16(12)17-14(18)9-11(3)10-15(19)20/h6-8,11H,4-5,9-10H2,1-3H3,(H,17,18)(H,19,20). The van der Waals surface area contributed by atoms with Gasteiger partial charge < -0.3 is 10.4 Å². The first-order valence-corrected chi connectivity index (χ1v) is 7.10. The van der Waals surface area contributed by atoms with Crippen molar-refractivity contribution in [3.63, 3.8) is 0 Å². The zero-order valence-electron chi connectivity index (χ0n) is 12.4. The van der Waals surface area contributed by atoms with Crippen LogP contribution in [0.15, 0.2) is 18.2 Å². The highest BCUT2D eigenvalue weighted by atomic mass is 16.4. The number of hydrogen-bond acceptors (Lipinski definition) is 2. The molecule has 0 aliphatic rings. The van der Waals surface area contributed by atoms with Gasteiger partial charge >= 0.3 is 5.97 Å². The summed E-state index contributed by atoms with van der Waals surface area (Å²) < 4.78 is 0. The van der Waals surface area contributed by atoms with E-state index >= 15 is 0 Å². The van der Waals surface area contributed by atoms with Gasteiger partial charge in [-0.25, -0.2) is 0 Å². The number of anilines is 1. The van der Waals surface area contributed by atoms with Gasteiger partial charge in [0.2, 0.25) is 5.91 Å². The van der Waals surface area contributed by atoms with Crippen molar-refractivity contribution in [2.75, 3.05) is 5.32 Å². The van der Waals surface area contributed by atoms with Crippen molar-refractivity contribution < 1.29 is 14.7 Å². The van der Waals surface area contributed by atoms with Crippen LogP contribution in [0.4, 0.5) is 5.69 Å². The fraction of sp³-hybridized carbons (Fsp3) is 0.500. The largest absolute Gasteiger partial charge is 0.481 e. The van der Waals surface area contributed by atoms with Crippen LogP contribution in [0.25, 0.3) is 0 Å². The number of benzene rings is 1. The quantitative estimate of drug-likeness (QED) is 0.804. The molecule has 2 N–H and O–H groups in total. The maximum atomic E-state index is 12.0. The van der Waals surface area contributed by atoms with Crippen molar-refractivity contribution in [2.45, 2.75) is 46.5 Å². The van der Waals surface area contributed by atoms with E-state index in [9.17, 15) is 9.59 Å². The highest BCUT2D eigenvalue weighted by molar-refractivity contribution is 5.92. The van der Waals surface area contributed by atoms with Gasteiger partial charge in [0.1, 0.15) is 0 Å². The number of hydrogen-bond donors (Lipinski definition) is 2. The summed E-state index contributed by atoms with van der Waals surface area (Å²) >= 11 is 0. The first-order chi connectivity index (χ1) is 9.47. The van der Waals surface area contributed by atoms with Crippen LogP contribution in [0.3, 0.4) is 0 Å². The van der Waals surface area contributed by atoms with Crippen molar-refractivity contribution in [3.8, 4) is 0 Å². The van der Waals surface area contributed by atoms with E-state index in [4.69, 9.17) is 5.11 Å². The molecule has 110 valence electrons. The minimum absolute atomic E-state index is 0.0173. The van der Waals surface area contributed by atoms with Crippen LogP contribution in [0.5, 0.6) is 0 Å². The number of carboxylic acid groups (broad SMARTS) is 1. The summed E-state index contributed by atoms with van der Waals surface area (Å²) in [5.74, 6) is -1.14. The third kappa shape index (κ3) is 4.68. The molecule has 0 spiro atoms. The lowest BCUT2D eigenvalue weighted by molar-refractivity contribution is -0.138. The number of aryl methyl sites for hydroxylation is 2. The summed E-state index contributed by atoms with van der Waals surface area (Å²) in [6, 6.07) is 6.02. The maximum Gasteiger partial charge on any atom is 0.303 e. The molecule has 0 saturated heterocycles. The summed E-state index contributed by atoms with van der Waals surface area (Å²) in [4.78, 5) is 22.7. The number of carboxylic acids is 1. The Bertz CT molecular complexity index is 460. The molecule has 1 rings (SSSR count). The Balaban J connectivity index is 2.77. The first kappa shape index (κ1) is 16.2. The number of para-hydroxylation sites is 1. The van der Waals surface area contributed by atoms with Gasteiger partial charge in [-0.2, -0.15) is 0 Å². The summed E-state index contributed by atoms with van der Waals surface area (Å²) in [6.07, 6.45) is 1.96. The van der Waals surface area contributed by atoms with Crippen LogP contribution < -0.4 is 5.32 Å². The Labute approximate surface area is 120 Å². The smallest absolute Gasteiger partial charge is 0.303 e. The van der Waals surface area contributed by atoms with E-state index in [1.54, 1.807) is 6.92 Å². The van der Waals surface area contributed by atoms with Gasteiger partial charge in [0.05, 0.1) is 0 Å². The third-order valence-corrected chi connectivity index (χ3v) is 3.32. The summed E-state index contributed by atoms with van der Waals surface area (Å²) in [5, 5.41) is 11.7. The minimum Gasteiger partial charge on any atom is -0.481 e. The van der Waals surface area contributed by atoms with Crippen LogP contribution in [0.2, 0.25) is 0 Å². The lowest BCUT2D eigenvalue weighted by Crippen LogP contribution is -2.18. The molecule has 0 aromatic heterocycles. The molecule has 1 amide bonds. The predicted molar refractivity (Wildman–Crippen MR) is 79.9 cm³/mol. The van der Waals surface area contributed by atoms with Crippen molar-refractivity contribution in [1.29, 1.82) is 0 Å². The van der Waals surface area contributed by atoms with E-state index < -0.39 is 5.97 Å². The van der Waals surface area contributed by atoms with E-state index in [0.29, 0.717) is 0 Å². The van der Waals surface area contributed by atoms with Gasteiger partial charge in [-0.15, -0.1) is 0 Å². The molecule has 0 aliphatic heterocycles. The number of amides is 1. The van der Waals surface area contributed by atoms with Gasteiger partial charge in [0.25, 0.3) is 0 Å². The van der Waals surface area contributed by atoms with Gasteiger partial charge in [0, 0.05) is 18.5 Å². The second-order valence-corrected chi connectivity index (χ2v) is 5.11. The zero-order valence-corrected chi connectivity index (χ0v) is 12.4. The normalized spacial score (nSPS) is 11.9. The molecular weight excluding hydrogens is 254 g/mol. The monoisotopic (exact) mass is 277 g/mol. The second-order valence-electron chi connectivity index (χ2n) is 5.11. The Morgan fingerprint density at radius 2 is 1.70 bits per heavy atom. The third-order valence-electron chi connectivity index (χ3n) is 3.32. The van der Waals surface area contributed by atoms with Gasteiger partial charge in [-0.3, -0.25) is 9.59 Å². The number of rotatable bonds is 7. The Morgan fingerprint density at radius 1 is 1.15 bits per heavy atom. The SMILES string of the molecule is CCc1cccc(CC)c1NC(=O)CC(C)CC(=O)O. The molecule has 0 fully saturated rings. The molecule has 4 heteroatoms. The molecule has 1 atom stereocenters. The van der Waals surface area contributed by atoms with E-state index in [0.717, 1.165) is 29.7 Å². The summed E-state index contributed by atoms with van der Waals surface area (Å²) in [6.45, 7) is 5.88. The lowest BCUT2D eigenvalue weighted by Gasteiger charge is -2.15. The lowest BCUT2D eigenvalue weighted by atomic mass is 10.0. The van der Waals surface area contributed by atoms with E-state index in [2.05, 4.69) is 19.2 Å². The Kier molecular flexibility index (Phi) is 6.22. The fourth-order valence-corrected chi connectivity index (χ4v) is 2.28. The summed E-state index contributed by atoms with van der Waals surface area (Å²) in [5.41, 5.74) is 3.12. The van der Waals surface area contributed by atoms with Gasteiger partial charge in [-0.05, 0) is 29.9 Å². The summed E-state index contributed by atoms with van der Waals surface area (Å²) in [7, 11) is 0.